The summed E-state index contributed by atoms with van der Waals surface area (Å²) in [5.41, 5.74) is 0.867. The lowest BCUT2D eigenvalue weighted by molar-refractivity contribution is -0.384. The molecule has 1 unspecified atom stereocenters. The van der Waals surface area contributed by atoms with Gasteiger partial charge in [0.25, 0.3) is 11.6 Å². The predicted molar refractivity (Wildman–Crippen MR) is 98.5 cm³/mol. The van der Waals surface area contributed by atoms with E-state index in [9.17, 15) is 14.9 Å². The molecule has 8 heteroatoms. The Labute approximate surface area is 160 Å². The number of amides is 1. The van der Waals surface area contributed by atoms with E-state index < -0.39 is 4.92 Å². The lowest BCUT2D eigenvalue weighted by Gasteiger charge is -2.29. The van der Waals surface area contributed by atoms with Crippen LogP contribution in [0.4, 0.5) is 5.69 Å². The van der Waals surface area contributed by atoms with Gasteiger partial charge in [0.1, 0.15) is 13.2 Å². The van der Waals surface area contributed by atoms with Crippen LogP contribution in [0.3, 0.4) is 0 Å². The number of nitrogens with zero attached hydrogens (tertiary/aromatic N) is 2. The van der Waals surface area contributed by atoms with Gasteiger partial charge in [0, 0.05) is 24.2 Å². The second-order valence-electron chi connectivity index (χ2n) is 6.45. The van der Waals surface area contributed by atoms with Crippen molar-refractivity contribution in [2.24, 2.45) is 0 Å². The van der Waals surface area contributed by atoms with E-state index in [4.69, 9.17) is 21.1 Å². The molecule has 0 saturated carbocycles. The van der Waals surface area contributed by atoms with E-state index in [2.05, 4.69) is 0 Å². The van der Waals surface area contributed by atoms with Crippen LogP contribution < -0.4 is 9.47 Å². The fourth-order valence-corrected chi connectivity index (χ4v) is 3.84. The summed E-state index contributed by atoms with van der Waals surface area (Å²) in [5, 5.41) is 11.3. The molecule has 7 nitrogen and oxygen atoms in total. The van der Waals surface area contributed by atoms with Crippen LogP contribution in [0.25, 0.3) is 0 Å². The Morgan fingerprint density at radius 3 is 2.85 bits per heavy atom. The topological polar surface area (TPSA) is 81.9 Å². The molecule has 0 aliphatic carbocycles. The number of hydrogen-bond donors (Lipinski definition) is 0. The number of nitro benzene ring substituents is 1. The second kappa shape index (κ2) is 7.08. The number of non-ortho nitro benzene ring substituents is 1. The fraction of sp³-hybridized carbons (Fsp3) is 0.316. The molecular weight excluding hydrogens is 372 g/mol. The minimum Gasteiger partial charge on any atom is -0.486 e. The van der Waals surface area contributed by atoms with Crippen molar-refractivity contribution in [3.63, 3.8) is 0 Å². The average Bonchev–Trinajstić information content (AvgIpc) is 3.16. The SMILES string of the molecule is O=C(c1cc([N+](=O)[O-])ccc1Cl)N1CCCC1c1cccc2c1OCCO2. The average molecular weight is 389 g/mol. The molecule has 4 rings (SSSR count). The van der Waals surface area contributed by atoms with Gasteiger partial charge in [0.15, 0.2) is 11.5 Å². The van der Waals surface area contributed by atoms with Gasteiger partial charge in [-0.1, -0.05) is 23.7 Å². The van der Waals surface area contributed by atoms with E-state index in [1.165, 1.54) is 18.2 Å². The standard InChI is InChI=1S/C19H17ClN2O5/c20-15-7-6-12(22(24)25)11-14(15)19(23)21-8-2-4-16(21)13-3-1-5-17-18(13)27-10-9-26-17/h1,3,5-7,11,16H,2,4,8-10H2. The van der Waals surface area contributed by atoms with Gasteiger partial charge in [0.05, 0.1) is 21.6 Å². The molecule has 2 aliphatic rings. The summed E-state index contributed by atoms with van der Waals surface area (Å²) < 4.78 is 11.4. The molecule has 140 valence electrons. The third kappa shape index (κ3) is 3.19. The lowest BCUT2D eigenvalue weighted by Crippen LogP contribution is -2.31. The number of para-hydroxylation sites is 1. The molecule has 0 bridgehead atoms. The first-order valence-electron chi connectivity index (χ1n) is 8.69. The zero-order valence-corrected chi connectivity index (χ0v) is 15.1. The number of carbonyl (C=O) groups is 1. The summed E-state index contributed by atoms with van der Waals surface area (Å²) in [6, 6.07) is 9.38. The van der Waals surface area contributed by atoms with Crippen LogP contribution >= 0.6 is 11.6 Å². The van der Waals surface area contributed by atoms with Crippen molar-refractivity contribution in [1.29, 1.82) is 0 Å². The van der Waals surface area contributed by atoms with E-state index >= 15 is 0 Å². The van der Waals surface area contributed by atoms with Gasteiger partial charge in [-0.2, -0.15) is 0 Å². The van der Waals surface area contributed by atoms with Gasteiger partial charge in [-0.05, 0) is 25.0 Å². The Kier molecular flexibility index (Phi) is 4.61. The van der Waals surface area contributed by atoms with Crippen molar-refractivity contribution in [2.75, 3.05) is 19.8 Å². The number of fused-ring (bicyclic) bond motifs is 1. The third-order valence-electron chi connectivity index (χ3n) is 4.86. The Balaban J connectivity index is 1.69. The third-order valence-corrected chi connectivity index (χ3v) is 5.19. The first-order chi connectivity index (χ1) is 13.1. The van der Waals surface area contributed by atoms with Crippen LogP contribution in [0.1, 0.15) is 34.8 Å². The number of hydrogen-bond acceptors (Lipinski definition) is 5. The predicted octanol–water partition coefficient (Wildman–Crippen LogP) is 4.00. The quantitative estimate of drug-likeness (QED) is 0.586. The molecule has 1 saturated heterocycles. The minimum atomic E-state index is -0.534. The lowest BCUT2D eigenvalue weighted by atomic mass is 10.0. The van der Waals surface area contributed by atoms with Gasteiger partial charge in [-0.3, -0.25) is 14.9 Å². The minimum absolute atomic E-state index is 0.139. The highest BCUT2D eigenvalue weighted by atomic mass is 35.5. The van der Waals surface area contributed by atoms with E-state index in [0.29, 0.717) is 31.3 Å². The van der Waals surface area contributed by atoms with Gasteiger partial charge < -0.3 is 14.4 Å². The molecular formula is C19H17ClN2O5. The van der Waals surface area contributed by atoms with Crippen LogP contribution in [0.2, 0.25) is 5.02 Å². The summed E-state index contributed by atoms with van der Waals surface area (Å²) in [6.45, 7) is 1.50. The Morgan fingerprint density at radius 1 is 1.22 bits per heavy atom. The zero-order chi connectivity index (χ0) is 19.0. The number of benzene rings is 2. The van der Waals surface area contributed by atoms with E-state index in [0.717, 1.165) is 18.4 Å². The van der Waals surface area contributed by atoms with Crippen molar-refractivity contribution in [1.82, 2.24) is 4.90 Å². The Bertz CT molecular complexity index is 917. The second-order valence-corrected chi connectivity index (χ2v) is 6.86. The first-order valence-corrected chi connectivity index (χ1v) is 9.07. The molecule has 27 heavy (non-hydrogen) atoms. The molecule has 1 atom stereocenters. The summed E-state index contributed by atoms with van der Waals surface area (Å²) >= 11 is 6.17. The number of carbonyl (C=O) groups excluding carboxylic acids is 1. The summed E-state index contributed by atoms with van der Waals surface area (Å²) in [7, 11) is 0. The Morgan fingerprint density at radius 2 is 2.04 bits per heavy atom. The molecule has 0 aromatic heterocycles. The van der Waals surface area contributed by atoms with Crippen LogP contribution in [0.15, 0.2) is 36.4 Å². The largest absolute Gasteiger partial charge is 0.486 e. The van der Waals surface area contributed by atoms with Crippen molar-refractivity contribution in [3.8, 4) is 11.5 Å². The van der Waals surface area contributed by atoms with Crippen LogP contribution in [-0.2, 0) is 0 Å². The van der Waals surface area contributed by atoms with E-state index in [1.54, 1.807) is 4.90 Å². The van der Waals surface area contributed by atoms with Crippen LogP contribution in [0.5, 0.6) is 11.5 Å². The van der Waals surface area contributed by atoms with Crippen molar-refractivity contribution in [3.05, 3.63) is 62.7 Å². The maximum absolute atomic E-state index is 13.1. The molecule has 2 aliphatic heterocycles. The van der Waals surface area contributed by atoms with E-state index in [1.807, 2.05) is 18.2 Å². The molecule has 0 radical (unpaired) electrons. The number of halogens is 1. The van der Waals surface area contributed by atoms with Gasteiger partial charge in [0.2, 0.25) is 0 Å². The summed E-state index contributed by atoms with van der Waals surface area (Å²) in [6.07, 6.45) is 1.60. The van der Waals surface area contributed by atoms with Crippen LogP contribution in [-0.4, -0.2) is 35.5 Å². The summed E-state index contributed by atoms with van der Waals surface area (Å²) in [5.74, 6) is 1.02. The van der Waals surface area contributed by atoms with Gasteiger partial charge in [-0.25, -0.2) is 0 Å². The smallest absolute Gasteiger partial charge is 0.270 e. The number of likely N-dealkylation sites (tertiary alicyclic amines) is 1. The fourth-order valence-electron chi connectivity index (χ4n) is 3.64. The monoisotopic (exact) mass is 388 g/mol. The molecule has 1 amide bonds. The highest BCUT2D eigenvalue weighted by Gasteiger charge is 2.35. The first kappa shape index (κ1) is 17.6. The number of rotatable bonds is 3. The van der Waals surface area contributed by atoms with E-state index in [-0.39, 0.29) is 28.2 Å². The van der Waals surface area contributed by atoms with Gasteiger partial charge in [-0.15, -0.1) is 0 Å². The number of nitro groups is 1. The maximum atomic E-state index is 13.1. The molecule has 2 aromatic rings. The highest BCUT2D eigenvalue weighted by molar-refractivity contribution is 6.34. The normalized spacial score (nSPS) is 18.4. The highest BCUT2D eigenvalue weighted by Crippen LogP contribution is 2.43. The molecule has 0 N–H and O–H groups in total. The molecule has 0 spiro atoms. The Hall–Kier alpha value is -2.80. The zero-order valence-electron chi connectivity index (χ0n) is 14.4. The molecule has 2 aromatic carbocycles. The summed E-state index contributed by atoms with van der Waals surface area (Å²) in [4.78, 5) is 25.4. The molecule has 1 fully saturated rings. The molecule has 2 heterocycles. The van der Waals surface area contributed by atoms with Gasteiger partial charge >= 0.3 is 0 Å². The maximum Gasteiger partial charge on any atom is 0.270 e. The van der Waals surface area contributed by atoms with Crippen molar-refractivity contribution in [2.45, 2.75) is 18.9 Å². The van der Waals surface area contributed by atoms with Crippen molar-refractivity contribution < 1.29 is 19.2 Å². The number of ether oxygens (including phenoxy) is 2. The van der Waals surface area contributed by atoms with Crippen molar-refractivity contribution >= 4 is 23.2 Å². The van der Waals surface area contributed by atoms with Crippen LogP contribution in [0, 0.1) is 10.1 Å².